The van der Waals surface area contributed by atoms with E-state index in [1.165, 1.54) is 12.1 Å². The van der Waals surface area contributed by atoms with Gasteiger partial charge in [-0.15, -0.1) is 5.10 Å². The third kappa shape index (κ3) is 3.71. The van der Waals surface area contributed by atoms with E-state index in [0.717, 1.165) is 24.8 Å². The van der Waals surface area contributed by atoms with E-state index >= 15 is 0 Å². The average molecular weight is 346 g/mol. The number of hydrogen-bond donors (Lipinski definition) is 2. The van der Waals surface area contributed by atoms with Gasteiger partial charge >= 0.3 is 0 Å². The molecule has 0 aliphatic heterocycles. The molecule has 1 aliphatic carbocycles. The Morgan fingerprint density at radius 2 is 2.12 bits per heavy atom. The fraction of sp³-hybridized carbons (Fsp3) is 0.500. The van der Waals surface area contributed by atoms with Crippen LogP contribution in [-0.2, 0) is 23.3 Å². The summed E-state index contributed by atoms with van der Waals surface area (Å²) >= 11 is 0. The summed E-state index contributed by atoms with van der Waals surface area (Å²) in [5, 5.41) is 20.6. The summed E-state index contributed by atoms with van der Waals surface area (Å²) in [5.41, 5.74) is 0.930. The number of carbonyl (C=O) groups excluding carboxylic acids is 1. The molecule has 1 heterocycles. The van der Waals surface area contributed by atoms with Crippen LogP contribution in [0.15, 0.2) is 30.5 Å². The molecule has 2 aromatic rings. The predicted octanol–water partition coefficient (Wildman–Crippen LogP) is 1.93. The summed E-state index contributed by atoms with van der Waals surface area (Å²) in [6.45, 7) is 2.57. The van der Waals surface area contributed by atoms with E-state index in [4.69, 9.17) is 0 Å². The molecule has 0 radical (unpaired) electrons. The van der Waals surface area contributed by atoms with Crippen molar-refractivity contribution in [3.05, 3.63) is 47.5 Å². The minimum absolute atomic E-state index is 0.0616. The lowest BCUT2D eigenvalue weighted by Gasteiger charge is -2.40. The monoisotopic (exact) mass is 346 g/mol. The van der Waals surface area contributed by atoms with Gasteiger partial charge in [0.25, 0.3) is 0 Å². The van der Waals surface area contributed by atoms with Crippen LogP contribution in [0.5, 0.6) is 0 Å². The maximum Gasteiger partial charge on any atom is 0.230 e. The zero-order valence-electron chi connectivity index (χ0n) is 14.3. The second kappa shape index (κ2) is 7.31. The summed E-state index contributed by atoms with van der Waals surface area (Å²) in [7, 11) is 0. The fourth-order valence-electron chi connectivity index (χ4n) is 3.14. The van der Waals surface area contributed by atoms with Gasteiger partial charge in [0.1, 0.15) is 11.5 Å². The highest BCUT2D eigenvalue weighted by Gasteiger charge is 2.45. The molecule has 7 heteroatoms. The largest absolute Gasteiger partial charge is 0.391 e. The average Bonchev–Trinajstić information content (AvgIpc) is 3.01. The molecule has 0 bridgehead atoms. The number of aliphatic hydroxyl groups excluding tert-OH is 1. The zero-order valence-corrected chi connectivity index (χ0v) is 14.3. The first-order chi connectivity index (χ1) is 12.0. The molecule has 6 nitrogen and oxygen atoms in total. The van der Waals surface area contributed by atoms with Gasteiger partial charge in [-0.1, -0.05) is 30.7 Å². The third-order valence-electron chi connectivity index (χ3n) is 4.92. The second-order valence-corrected chi connectivity index (χ2v) is 6.62. The van der Waals surface area contributed by atoms with Gasteiger partial charge in [0.15, 0.2) is 0 Å². The molecule has 1 aromatic carbocycles. The van der Waals surface area contributed by atoms with Gasteiger partial charge < -0.3 is 10.4 Å². The molecule has 25 heavy (non-hydrogen) atoms. The van der Waals surface area contributed by atoms with Gasteiger partial charge in [0, 0.05) is 0 Å². The first-order valence-electron chi connectivity index (χ1n) is 8.65. The molecular weight excluding hydrogens is 323 g/mol. The van der Waals surface area contributed by atoms with Crippen molar-refractivity contribution in [3.63, 3.8) is 0 Å². The molecule has 3 rings (SSSR count). The van der Waals surface area contributed by atoms with Crippen LogP contribution in [0.1, 0.15) is 43.9 Å². The zero-order chi connectivity index (χ0) is 17.9. The van der Waals surface area contributed by atoms with E-state index in [1.54, 1.807) is 23.0 Å². The quantitative estimate of drug-likeness (QED) is 0.803. The number of amides is 1. The Morgan fingerprint density at radius 1 is 1.40 bits per heavy atom. The number of aromatic nitrogens is 3. The van der Waals surface area contributed by atoms with E-state index in [2.05, 4.69) is 15.6 Å². The minimum Gasteiger partial charge on any atom is -0.391 e. The highest BCUT2D eigenvalue weighted by molar-refractivity contribution is 5.89. The van der Waals surface area contributed by atoms with Crippen molar-refractivity contribution in [2.45, 2.75) is 57.2 Å². The van der Waals surface area contributed by atoms with Crippen molar-refractivity contribution < 1.29 is 14.3 Å². The van der Waals surface area contributed by atoms with Crippen molar-refractivity contribution in [2.24, 2.45) is 0 Å². The molecule has 134 valence electrons. The molecule has 1 amide bonds. The van der Waals surface area contributed by atoms with E-state index in [-0.39, 0.29) is 18.3 Å². The molecule has 2 N–H and O–H groups in total. The maximum atomic E-state index is 13.1. The van der Waals surface area contributed by atoms with E-state index in [1.807, 2.05) is 6.92 Å². The topological polar surface area (TPSA) is 80.0 Å². The molecule has 1 saturated carbocycles. The van der Waals surface area contributed by atoms with Crippen molar-refractivity contribution in [3.8, 4) is 0 Å². The van der Waals surface area contributed by atoms with E-state index < -0.39 is 11.5 Å². The number of rotatable bonds is 7. The van der Waals surface area contributed by atoms with Gasteiger partial charge in [-0.3, -0.25) is 4.79 Å². The van der Waals surface area contributed by atoms with Crippen LogP contribution in [-0.4, -0.2) is 32.1 Å². The molecule has 0 saturated heterocycles. The summed E-state index contributed by atoms with van der Waals surface area (Å²) in [6, 6.07) is 6.17. The highest BCUT2D eigenvalue weighted by Crippen LogP contribution is 2.44. The highest BCUT2D eigenvalue weighted by atomic mass is 19.1. The van der Waals surface area contributed by atoms with Crippen molar-refractivity contribution in [1.29, 1.82) is 0 Å². The second-order valence-electron chi connectivity index (χ2n) is 6.62. The van der Waals surface area contributed by atoms with Gasteiger partial charge in [0.2, 0.25) is 5.91 Å². The van der Waals surface area contributed by atoms with Crippen LogP contribution in [0.2, 0.25) is 0 Å². The van der Waals surface area contributed by atoms with Crippen LogP contribution >= 0.6 is 0 Å². The molecular formula is C18H23FN4O2. The number of nitrogens with one attached hydrogen (secondary N) is 1. The van der Waals surface area contributed by atoms with Crippen LogP contribution < -0.4 is 5.32 Å². The van der Waals surface area contributed by atoms with Gasteiger partial charge in [-0.05, 0) is 37.0 Å². The normalized spacial score (nSPS) is 16.9. The summed E-state index contributed by atoms with van der Waals surface area (Å²) in [4.78, 5) is 12.7. The minimum atomic E-state index is -0.567. The summed E-state index contributed by atoms with van der Waals surface area (Å²) in [6.07, 6.45) is 4.42. The third-order valence-corrected chi connectivity index (χ3v) is 4.92. The Balaban J connectivity index is 1.62. The Bertz CT molecular complexity index is 725. The molecule has 1 atom stereocenters. The maximum absolute atomic E-state index is 13.1. The number of halogens is 1. The predicted molar refractivity (Wildman–Crippen MR) is 90.1 cm³/mol. The van der Waals surface area contributed by atoms with E-state index in [0.29, 0.717) is 18.7 Å². The van der Waals surface area contributed by atoms with Crippen LogP contribution in [0, 0.1) is 5.82 Å². The van der Waals surface area contributed by atoms with Gasteiger partial charge in [-0.25, -0.2) is 9.07 Å². The Morgan fingerprint density at radius 3 is 2.72 bits per heavy atom. The fourth-order valence-corrected chi connectivity index (χ4v) is 3.14. The SMILES string of the molecule is CCC(O)Cn1cc(CNC(=O)C2(c3ccc(F)cc3)CCC2)nn1. The lowest BCUT2D eigenvalue weighted by molar-refractivity contribution is -0.130. The van der Waals surface area contributed by atoms with Crippen molar-refractivity contribution >= 4 is 5.91 Å². The number of benzene rings is 1. The first-order valence-corrected chi connectivity index (χ1v) is 8.65. The molecule has 1 unspecified atom stereocenters. The number of carbonyl (C=O) groups is 1. The van der Waals surface area contributed by atoms with Gasteiger partial charge in [0.05, 0.1) is 30.8 Å². The van der Waals surface area contributed by atoms with Crippen LogP contribution in [0.25, 0.3) is 0 Å². The molecule has 1 fully saturated rings. The van der Waals surface area contributed by atoms with Crippen LogP contribution in [0.3, 0.4) is 0 Å². The molecule has 0 spiro atoms. The Hall–Kier alpha value is -2.28. The van der Waals surface area contributed by atoms with Gasteiger partial charge in [-0.2, -0.15) is 0 Å². The van der Waals surface area contributed by atoms with Crippen LogP contribution in [0.4, 0.5) is 4.39 Å². The molecule has 1 aromatic heterocycles. The number of nitrogens with zero attached hydrogens (tertiary/aromatic N) is 3. The lowest BCUT2D eigenvalue weighted by atomic mass is 9.64. The van der Waals surface area contributed by atoms with Crippen molar-refractivity contribution in [2.75, 3.05) is 0 Å². The number of hydrogen-bond acceptors (Lipinski definition) is 4. The Kier molecular flexibility index (Phi) is 5.13. The lowest BCUT2D eigenvalue weighted by Crippen LogP contribution is -2.49. The standard InChI is InChI=1S/C18H23FN4O2/c1-2-16(24)12-23-11-15(21-22-23)10-20-17(25)18(8-3-9-18)13-4-6-14(19)7-5-13/h4-7,11,16,24H,2-3,8-10,12H2,1H3,(H,20,25). The number of aliphatic hydroxyl groups is 1. The van der Waals surface area contributed by atoms with Crippen molar-refractivity contribution in [1.82, 2.24) is 20.3 Å². The summed E-state index contributed by atoms with van der Waals surface area (Å²) < 4.78 is 14.7. The smallest absolute Gasteiger partial charge is 0.230 e. The molecule has 1 aliphatic rings. The summed E-state index contributed by atoms with van der Waals surface area (Å²) in [5.74, 6) is -0.363. The first kappa shape index (κ1) is 17.5. The Labute approximate surface area is 146 Å². The van der Waals surface area contributed by atoms with E-state index in [9.17, 15) is 14.3 Å².